The molecule has 0 fully saturated rings. The number of ether oxygens (including phenoxy) is 4. The highest BCUT2D eigenvalue weighted by molar-refractivity contribution is 14.1. The molecule has 12 heteroatoms. The summed E-state index contributed by atoms with van der Waals surface area (Å²) >= 11 is 14.3. The zero-order chi connectivity index (χ0) is 56.9. The fourth-order valence-electron chi connectivity index (χ4n) is 10.4. The Morgan fingerprint density at radius 2 is 0.418 bits per heavy atom. The van der Waals surface area contributed by atoms with Crippen molar-refractivity contribution in [3.63, 3.8) is 0 Å². The molecule has 0 aliphatic heterocycles. The molecule has 0 aliphatic carbocycles. The van der Waals surface area contributed by atoms with E-state index in [4.69, 9.17) is 18.9 Å². The van der Waals surface area contributed by atoms with Crippen LogP contribution in [0.25, 0.3) is 0 Å². The molecule has 0 saturated carbocycles. The van der Waals surface area contributed by atoms with E-state index in [1.54, 1.807) is 0 Å². The molecule has 456 valence electrons. The second-order valence-electron chi connectivity index (χ2n) is 22.7. The lowest BCUT2D eigenvalue weighted by atomic mass is 10.0. The van der Waals surface area contributed by atoms with Crippen molar-refractivity contribution in [2.24, 2.45) is 0 Å². The number of hydrogen-bond acceptors (Lipinski definition) is 6. The second kappa shape index (κ2) is 57.1. The van der Waals surface area contributed by atoms with E-state index in [-0.39, 0.29) is 11.9 Å². The Kier molecular flexibility index (Phi) is 55.3. The molecule has 2 aromatic carbocycles. The number of halogens is 6. The van der Waals surface area contributed by atoms with E-state index in [0.29, 0.717) is 32.5 Å². The van der Waals surface area contributed by atoms with E-state index >= 15 is 0 Å². The third-order valence-electron chi connectivity index (χ3n) is 15.3. The van der Waals surface area contributed by atoms with Crippen LogP contribution in [0.5, 0.6) is 11.5 Å². The molecule has 2 aromatic rings. The molecule has 0 bridgehead atoms. The van der Waals surface area contributed by atoms with E-state index in [9.17, 15) is 9.59 Å². The van der Waals surface area contributed by atoms with Crippen LogP contribution in [0, 0.1) is 21.4 Å². The van der Waals surface area contributed by atoms with Crippen LogP contribution in [0.15, 0.2) is 24.3 Å². The topological polar surface area (TPSA) is 71.1 Å². The minimum atomic E-state index is -0.113. The van der Waals surface area contributed by atoms with Gasteiger partial charge in [-0.2, -0.15) is 0 Å². The van der Waals surface area contributed by atoms with E-state index in [1.165, 1.54) is 278 Å². The van der Waals surface area contributed by atoms with Crippen molar-refractivity contribution in [2.45, 2.75) is 315 Å². The van der Waals surface area contributed by atoms with Crippen LogP contribution in [-0.2, 0) is 19.1 Å². The quantitative estimate of drug-likeness (QED) is 0.0373. The molecular weight excluding hydrogens is 1660 g/mol. The molecule has 0 atom stereocenters. The number of carbonyl (C=O) groups excluding carboxylic acids is 2. The first-order valence-corrected chi connectivity index (χ1v) is 39.0. The fraction of sp³-hybridized carbons (Fsp3) is 0.791. The Labute approximate surface area is 567 Å². The summed E-state index contributed by atoms with van der Waals surface area (Å²) in [4.78, 5) is 24.3. The largest absolute Gasteiger partial charge is 0.491 e. The van der Waals surface area contributed by atoms with Crippen LogP contribution in [0.1, 0.15) is 315 Å². The van der Waals surface area contributed by atoms with Gasteiger partial charge in [-0.25, -0.2) is 0 Å². The van der Waals surface area contributed by atoms with Crippen LogP contribution < -0.4 is 9.47 Å². The molecule has 0 spiro atoms. The summed E-state index contributed by atoms with van der Waals surface area (Å²) < 4.78 is 30.4. The maximum Gasteiger partial charge on any atom is 0.305 e. The summed E-state index contributed by atoms with van der Waals surface area (Å²) in [5.41, 5.74) is 0. The van der Waals surface area contributed by atoms with Crippen LogP contribution in [0.3, 0.4) is 0 Å². The predicted molar refractivity (Wildman–Crippen MR) is 388 cm³/mol. The smallest absolute Gasteiger partial charge is 0.305 e. The van der Waals surface area contributed by atoms with Crippen molar-refractivity contribution in [1.82, 2.24) is 0 Å². The van der Waals surface area contributed by atoms with Gasteiger partial charge in [0.1, 0.15) is 11.5 Å². The zero-order valence-corrected chi connectivity index (χ0v) is 62.4. The van der Waals surface area contributed by atoms with Gasteiger partial charge >= 0.3 is 11.9 Å². The van der Waals surface area contributed by atoms with E-state index in [1.807, 2.05) is 0 Å². The van der Waals surface area contributed by atoms with Gasteiger partial charge in [0.2, 0.25) is 0 Å². The Hall–Kier alpha value is 1.36. The molecule has 0 aromatic heterocycles. The lowest BCUT2D eigenvalue weighted by Crippen LogP contribution is -2.10. The summed E-state index contributed by atoms with van der Waals surface area (Å²) in [5, 5.41) is 0. The van der Waals surface area contributed by atoms with Crippen LogP contribution in [0.4, 0.5) is 0 Å². The summed E-state index contributed by atoms with van der Waals surface area (Å²) in [5.74, 6) is 1.90. The first-order chi connectivity index (χ1) is 38.7. The third kappa shape index (κ3) is 48.1. The molecule has 6 nitrogen and oxygen atoms in total. The Bertz CT molecular complexity index is 1580. The Morgan fingerprint density at radius 3 is 0.620 bits per heavy atom. The molecule has 0 saturated heterocycles. The number of hydrogen-bond donors (Lipinski definition) is 0. The zero-order valence-electron chi connectivity index (χ0n) is 49.5. The molecule has 0 heterocycles. The maximum atomic E-state index is 12.1. The molecule has 0 amide bonds. The van der Waals surface area contributed by atoms with Crippen molar-refractivity contribution in [3.05, 3.63) is 45.7 Å². The number of unbranched alkanes of at least 4 members (excludes halogenated alkanes) is 44. The first kappa shape index (κ1) is 76.5. The van der Waals surface area contributed by atoms with Crippen molar-refractivity contribution in [2.75, 3.05) is 26.4 Å². The molecule has 2 rings (SSSR count). The molecule has 0 unspecified atom stereocenters. The van der Waals surface area contributed by atoms with E-state index in [0.717, 1.165) is 63.2 Å². The van der Waals surface area contributed by atoms with Gasteiger partial charge in [-0.1, -0.05) is 270 Å². The summed E-state index contributed by atoms with van der Waals surface area (Å²) in [6, 6.07) is 8.76. The van der Waals surface area contributed by atoms with Crippen molar-refractivity contribution >= 4 is 147 Å². The van der Waals surface area contributed by atoms with Gasteiger partial charge in [-0.05, 0) is 185 Å². The highest BCUT2D eigenvalue weighted by Crippen LogP contribution is 2.31. The molecular formula is C67H110I6O6. The molecule has 0 aliphatic rings. The molecule has 0 N–H and O–H groups in total. The highest BCUT2D eigenvalue weighted by Gasteiger charge is 2.10. The van der Waals surface area contributed by atoms with Gasteiger partial charge in [0, 0.05) is 26.4 Å². The number of esters is 2. The monoisotopic (exact) mass is 1770 g/mol. The average molecular weight is 1770 g/mol. The Morgan fingerprint density at radius 1 is 0.241 bits per heavy atom. The first-order valence-electron chi connectivity index (χ1n) is 32.5. The number of rotatable bonds is 58. The summed E-state index contributed by atoms with van der Waals surface area (Å²) in [6.07, 6.45) is 63.0. The van der Waals surface area contributed by atoms with E-state index in [2.05, 4.69) is 160 Å². The Balaban J connectivity index is 1.16. The lowest BCUT2D eigenvalue weighted by Gasteiger charge is -2.11. The highest BCUT2D eigenvalue weighted by atomic mass is 127. The lowest BCUT2D eigenvalue weighted by molar-refractivity contribution is -0.146. The molecule has 0 radical (unpaired) electrons. The van der Waals surface area contributed by atoms with Gasteiger partial charge in [0.15, 0.2) is 0 Å². The van der Waals surface area contributed by atoms with Gasteiger partial charge in [0.05, 0.1) is 40.7 Å². The standard InChI is InChI=1S/C67H110I6O6/c68-58-54-60(70)66(61(71)55-58)78-50-45-41-37-33-29-25-21-17-13-9-5-1-3-7-11-15-19-23-27-31-35-39-43-48-64(74)76-52-47-53-77-65(75)49-44-40-36-32-28-24-20-16-12-8-4-2-6-10-14-18-22-26-30-34-38-42-46-51-79-67-62(72)56-59(69)57-63(67)73/h54-57H,1-53H2. The van der Waals surface area contributed by atoms with Crippen LogP contribution in [0.2, 0.25) is 0 Å². The van der Waals surface area contributed by atoms with Crippen molar-refractivity contribution in [3.8, 4) is 11.5 Å². The van der Waals surface area contributed by atoms with Gasteiger partial charge < -0.3 is 18.9 Å². The third-order valence-corrected chi connectivity index (χ3v) is 19.7. The van der Waals surface area contributed by atoms with E-state index < -0.39 is 0 Å². The van der Waals surface area contributed by atoms with Gasteiger partial charge in [-0.15, -0.1) is 0 Å². The SMILES string of the molecule is O=C(CCCCCCCCCCCCCCCCCCCCCCCCCOc1c(I)cc(I)cc1I)OCCCOC(=O)CCCCCCCCCCCCCCCCCCCCCCCCCOc1c(I)cc(I)cc1I. The minimum absolute atomic E-state index is 0.113. The maximum absolute atomic E-state index is 12.1. The van der Waals surface area contributed by atoms with Crippen molar-refractivity contribution < 1.29 is 28.5 Å². The molecule has 79 heavy (non-hydrogen) atoms. The minimum Gasteiger partial charge on any atom is -0.491 e. The number of carbonyl (C=O) groups is 2. The van der Waals surface area contributed by atoms with Crippen LogP contribution in [-0.4, -0.2) is 38.4 Å². The van der Waals surface area contributed by atoms with Gasteiger partial charge in [-0.3, -0.25) is 9.59 Å². The van der Waals surface area contributed by atoms with Crippen LogP contribution >= 0.6 is 136 Å². The fourth-order valence-corrected chi connectivity index (χ4v) is 18.2. The summed E-state index contributed by atoms with van der Waals surface area (Å²) in [6.45, 7) is 2.35. The van der Waals surface area contributed by atoms with Crippen molar-refractivity contribution in [1.29, 1.82) is 0 Å². The predicted octanol–water partition coefficient (Wildman–Crippen LogP) is 25.0. The second-order valence-corrected chi connectivity index (χ2v) is 29.8. The summed E-state index contributed by atoms with van der Waals surface area (Å²) in [7, 11) is 0. The average Bonchev–Trinajstić information content (AvgIpc) is 3.43. The normalized spacial score (nSPS) is 11.4. The van der Waals surface area contributed by atoms with Gasteiger partial charge in [0.25, 0.3) is 0 Å². The number of benzene rings is 2.